The fraction of sp³-hybridized carbons (Fsp3) is 0.100. The molecule has 0 saturated heterocycles. The van der Waals surface area contributed by atoms with Gasteiger partial charge in [0.25, 0.3) is 0 Å². The van der Waals surface area contributed by atoms with Gasteiger partial charge in [0.2, 0.25) is 0 Å². The highest BCUT2D eigenvalue weighted by Gasteiger charge is 2.00. The maximum absolute atomic E-state index is 10.4. The number of aliphatic carboxylic acids is 1. The van der Waals surface area contributed by atoms with E-state index in [0.29, 0.717) is 5.56 Å². The van der Waals surface area contributed by atoms with Gasteiger partial charge in [-0.2, -0.15) is 5.10 Å². The fourth-order valence-electron chi connectivity index (χ4n) is 1.25. The van der Waals surface area contributed by atoms with E-state index in [0.717, 1.165) is 5.69 Å². The fourth-order valence-corrected chi connectivity index (χ4v) is 1.25. The highest BCUT2D eigenvalue weighted by Crippen LogP contribution is 2.06. The van der Waals surface area contributed by atoms with E-state index >= 15 is 0 Å². The Hall–Kier alpha value is -2.17. The summed E-state index contributed by atoms with van der Waals surface area (Å²) in [6, 6.07) is 3.62. The molecule has 15 heavy (non-hydrogen) atoms. The number of nitrogens with zero attached hydrogens (tertiary/aromatic N) is 3. The average Bonchev–Trinajstić information content (AvgIpc) is 2.67. The summed E-state index contributed by atoms with van der Waals surface area (Å²) in [7, 11) is 0. The summed E-state index contributed by atoms with van der Waals surface area (Å²) in [4.78, 5) is 14.3. The molecule has 2 heterocycles. The molecule has 0 bridgehead atoms. The third-order valence-electron chi connectivity index (χ3n) is 1.89. The van der Waals surface area contributed by atoms with Crippen LogP contribution in [0.25, 0.3) is 5.69 Å². The van der Waals surface area contributed by atoms with Gasteiger partial charge in [-0.15, -0.1) is 0 Å². The Morgan fingerprint density at radius 3 is 3.00 bits per heavy atom. The van der Waals surface area contributed by atoms with Crippen molar-refractivity contribution in [3.63, 3.8) is 0 Å². The van der Waals surface area contributed by atoms with Crippen molar-refractivity contribution in [2.24, 2.45) is 0 Å². The number of carbonyl (C=O) groups is 1. The highest BCUT2D eigenvalue weighted by atomic mass is 16.4. The van der Waals surface area contributed by atoms with Gasteiger partial charge in [-0.05, 0) is 17.7 Å². The Labute approximate surface area is 86.0 Å². The van der Waals surface area contributed by atoms with Crippen molar-refractivity contribution in [2.75, 3.05) is 0 Å². The lowest BCUT2D eigenvalue weighted by atomic mass is 10.3. The number of aromatic nitrogens is 3. The number of hydrogen-bond acceptors (Lipinski definition) is 4. The van der Waals surface area contributed by atoms with E-state index < -0.39 is 5.97 Å². The maximum atomic E-state index is 10.4. The minimum atomic E-state index is -1.11. The molecule has 76 valence electrons. The van der Waals surface area contributed by atoms with E-state index in [2.05, 4.69) is 10.1 Å². The van der Waals surface area contributed by atoms with Crippen molar-refractivity contribution in [1.82, 2.24) is 14.8 Å². The molecule has 5 nitrogen and oxygen atoms in total. The topological polar surface area (TPSA) is 70.8 Å². The van der Waals surface area contributed by atoms with Gasteiger partial charge in [0.15, 0.2) is 0 Å². The third kappa shape index (κ3) is 2.19. The van der Waals surface area contributed by atoms with Crippen molar-refractivity contribution in [1.29, 1.82) is 0 Å². The van der Waals surface area contributed by atoms with Crippen LogP contribution in [-0.4, -0.2) is 20.7 Å². The van der Waals surface area contributed by atoms with Crippen molar-refractivity contribution >= 4 is 5.97 Å². The van der Waals surface area contributed by atoms with Crippen molar-refractivity contribution in [3.05, 3.63) is 42.5 Å². The van der Waals surface area contributed by atoms with Gasteiger partial charge >= 0.3 is 0 Å². The lowest BCUT2D eigenvalue weighted by Gasteiger charge is -1.99. The van der Waals surface area contributed by atoms with Crippen LogP contribution in [0, 0.1) is 0 Å². The standard InChI is InChI=1S/C10H9N3O2/c14-10(15)4-8-5-12-13(7-8)9-2-1-3-11-6-9/h1-3,5-7H,4H2,(H,14,15)/p-1. The number of pyridine rings is 1. The lowest BCUT2D eigenvalue weighted by Crippen LogP contribution is -2.24. The second kappa shape index (κ2) is 3.91. The number of rotatable bonds is 3. The normalized spacial score (nSPS) is 10.1. The van der Waals surface area contributed by atoms with Gasteiger partial charge in [0.05, 0.1) is 18.1 Å². The Morgan fingerprint density at radius 2 is 2.33 bits per heavy atom. The predicted octanol–water partition coefficient (Wildman–Crippen LogP) is -0.440. The molecule has 2 rings (SSSR count). The zero-order chi connectivity index (χ0) is 10.7. The molecule has 0 aliphatic heterocycles. The molecule has 0 aliphatic rings. The molecule has 5 heteroatoms. The first-order valence-electron chi connectivity index (χ1n) is 4.39. The summed E-state index contributed by atoms with van der Waals surface area (Å²) >= 11 is 0. The second-order valence-electron chi connectivity index (χ2n) is 3.05. The largest absolute Gasteiger partial charge is 0.550 e. The summed E-state index contributed by atoms with van der Waals surface area (Å²) in [6.07, 6.45) is 6.33. The molecule has 0 fully saturated rings. The quantitative estimate of drug-likeness (QED) is 0.676. The summed E-state index contributed by atoms with van der Waals surface area (Å²) in [5, 5.41) is 14.4. The number of hydrogen-bond donors (Lipinski definition) is 0. The molecule has 0 aromatic carbocycles. The molecule has 2 aromatic rings. The molecule has 2 aromatic heterocycles. The number of carboxylic acids is 1. The second-order valence-corrected chi connectivity index (χ2v) is 3.05. The summed E-state index contributed by atoms with van der Waals surface area (Å²) in [6.45, 7) is 0. The predicted molar refractivity (Wildman–Crippen MR) is 50.1 cm³/mol. The Bertz CT molecular complexity index is 465. The van der Waals surface area contributed by atoms with Crippen LogP contribution in [0.2, 0.25) is 0 Å². The zero-order valence-corrected chi connectivity index (χ0v) is 7.83. The van der Waals surface area contributed by atoms with Crippen LogP contribution < -0.4 is 5.11 Å². The van der Waals surface area contributed by atoms with E-state index in [4.69, 9.17) is 0 Å². The van der Waals surface area contributed by atoms with E-state index in [-0.39, 0.29) is 6.42 Å². The van der Waals surface area contributed by atoms with Crippen LogP contribution in [0.1, 0.15) is 5.56 Å². The maximum Gasteiger partial charge on any atom is 0.0828 e. The van der Waals surface area contributed by atoms with E-state index in [1.807, 2.05) is 6.07 Å². The minimum Gasteiger partial charge on any atom is -0.550 e. The first kappa shape index (κ1) is 9.39. The van der Waals surface area contributed by atoms with Gasteiger partial charge in [-0.3, -0.25) is 4.98 Å². The molecular formula is C10H8N3O2-. The number of carboxylic acid groups (broad SMARTS) is 1. The molecule has 0 amide bonds. The van der Waals surface area contributed by atoms with Crippen LogP contribution in [-0.2, 0) is 11.2 Å². The van der Waals surface area contributed by atoms with E-state index in [1.54, 1.807) is 29.3 Å². The number of carbonyl (C=O) groups excluding carboxylic acids is 1. The molecule has 0 N–H and O–H groups in total. The van der Waals surface area contributed by atoms with Crippen molar-refractivity contribution < 1.29 is 9.90 Å². The SMILES string of the molecule is O=C([O-])Cc1cnn(-c2cccnc2)c1. The van der Waals surface area contributed by atoms with Gasteiger partial charge in [0, 0.05) is 24.8 Å². The molecular weight excluding hydrogens is 194 g/mol. The zero-order valence-electron chi connectivity index (χ0n) is 7.83. The van der Waals surface area contributed by atoms with E-state index in [1.165, 1.54) is 6.20 Å². The Balaban J connectivity index is 2.24. The summed E-state index contributed by atoms with van der Waals surface area (Å²) < 4.78 is 1.57. The van der Waals surface area contributed by atoms with E-state index in [9.17, 15) is 9.90 Å². The Morgan fingerprint density at radius 1 is 1.47 bits per heavy atom. The Kier molecular flexibility index (Phi) is 2.45. The molecule has 0 aliphatic carbocycles. The average molecular weight is 202 g/mol. The first-order valence-corrected chi connectivity index (χ1v) is 4.39. The van der Waals surface area contributed by atoms with Crippen LogP contribution in [0.15, 0.2) is 36.9 Å². The monoisotopic (exact) mass is 202 g/mol. The van der Waals surface area contributed by atoms with Crippen LogP contribution in [0.4, 0.5) is 0 Å². The third-order valence-corrected chi connectivity index (χ3v) is 1.89. The molecule has 0 spiro atoms. The molecule has 0 radical (unpaired) electrons. The van der Waals surface area contributed by atoms with Crippen LogP contribution >= 0.6 is 0 Å². The van der Waals surface area contributed by atoms with Gasteiger partial charge in [0.1, 0.15) is 0 Å². The summed E-state index contributed by atoms with van der Waals surface area (Å²) in [5.74, 6) is -1.11. The molecule has 0 unspecified atom stereocenters. The van der Waals surface area contributed by atoms with Crippen molar-refractivity contribution in [3.8, 4) is 5.69 Å². The smallest absolute Gasteiger partial charge is 0.0828 e. The van der Waals surface area contributed by atoms with Crippen molar-refractivity contribution in [2.45, 2.75) is 6.42 Å². The van der Waals surface area contributed by atoms with Crippen LogP contribution in [0.5, 0.6) is 0 Å². The molecule has 0 atom stereocenters. The van der Waals surface area contributed by atoms with Gasteiger partial charge in [-0.25, -0.2) is 4.68 Å². The first-order chi connectivity index (χ1) is 7.25. The van der Waals surface area contributed by atoms with Gasteiger partial charge in [-0.1, -0.05) is 0 Å². The highest BCUT2D eigenvalue weighted by molar-refractivity contribution is 5.67. The lowest BCUT2D eigenvalue weighted by molar-refractivity contribution is -0.304. The summed E-state index contributed by atoms with van der Waals surface area (Å²) in [5.41, 5.74) is 1.40. The van der Waals surface area contributed by atoms with Gasteiger partial charge < -0.3 is 9.90 Å². The molecule has 0 saturated carbocycles. The van der Waals surface area contributed by atoms with Crippen LogP contribution in [0.3, 0.4) is 0 Å². The minimum absolute atomic E-state index is 0.125.